The van der Waals surface area contributed by atoms with Crippen molar-refractivity contribution >= 4 is 23.7 Å². The van der Waals surface area contributed by atoms with Crippen molar-refractivity contribution in [1.29, 1.82) is 0 Å². The Bertz CT molecular complexity index is 847. The summed E-state index contributed by atoms with van der Waals surface area (Å²) in [6.45, 7) is 5.94. The fourth-order valence-corrected chi connectivity index (χ4v) is 3.52. The van der Waals surface area contributed by atoms with Crippen molar-refractivity contribution in [3.8, 4) is 11.3 Å². The van der Waals surface area contributed by atoms with Crippen molar-refractivity contribution in [2.24, 2.45) is 10.9 Å². The molecule has 1 atom stereocenters. The molecule has 24 heavy (non-hydrogen) atoms. The summed E-state index contributed by atoms with van der Waals surface area (Å²) in [5.41, 5.74) is 1.17. The van der Waals surface area contributed by atoms with Crippen LogP contribution in [0.4, 0.5) is 4.39 Å². The van der Waals surface area contributed by atoms with E-state index >= 15 is 0 Å². The molecule has 0 saturated carbocycles. The Kier molecular flexibility index (Phi) is 4.26. The number of rotatable bonds is 3. The van der Waals surface area contributed by atoms with Crippen LogP contribution >= 0.6 is 11.6 Å². The van der Waals surface area contributed by atoms with Gasteiger partial charge in [0, 0.05) is 17.3 Å². The topological polar surface area (TPSA) is 42.3 Å². The molecule has 0 fully saturated rings. The molecule has 0 radical (unpaired) electrons. The third-order valence-corrected chi connectivity index (χ3v) is 4.55. The largest absolute Gasteiger partial charge is 0.272 e. The first-order chi connectivity index (χ1) is 11.3. The monoisotopic (exact) mass is 344 g/mol. The predicted molar refractivity (Wildman–Crippen MR) is 94.0 cm³/mol. The summed E-state index contributed by atoms with van der Waals surface area (Å²) in [6, 6.07) is 8.06. The van der Waals surface area contributed by atoms with E-state index in [4.69, 9.17) is 11.6 Å². The van der Waals surface area contributed by atoms with Gasteiger partial charge in [0.05, 0.1) is 21.8 Å². The molecule has 0 spiro atoms. The number of hydrogen-bond acceptors (Lipinski definition) is 2. The maximum atomic E-state index is 14.2. The molecule has 2 aromatic rings. The van der Waals surface area contributed by atoms with E-state index in [1.807, 2.05) is 20.8 Å². The van der Waals surface area contributed by atoms with Gasteiger partial charge in [0.25, 0.3) is 5.91 Å². The molecular formula is C19H18ClFN2O. The minimum atomic E-state index is -0.831. The van der Waals surface area contributed by atoms with Gasteiger partial charge in [-0.15, -0.1) is 0 Å². The lowest BCUT2D eigenvalue weighted by Crippen LogP contribution is -2.37. The highest BCUT2D eigenvalue weighted by molar-refractivity contribution is 6.33. The van der Waals surface area contributed by atoms with Crippen LogP contribution in [0.15, 0.2) is 35.3 Å². The molecule has 1 aromatic heterocycles. The van der Waals surface area contributed by atoms with E-state index in [9.17, 15) is 9.18 Å². The zero-order valence-corrected chi connectivity index (χ0v) is 14.6. The van der Waals surface area contributed by atoms with Gasteiger partial charge in [-0.05, 0) is 37.5 Å². The van der Waals surface area contributed by atoms with Crippen molar-refractivity contribution in [3.63, 3.8) is 0 Å². The summed E-state index contributed by atoms with van der Waals surface area (Å²) in [5, 5.41) is 0.339. The van der Waals surface area contributed by atoms with Gasteiger partial charge in [0.15, 0.2) is 0 Å². The normalized spacial score (nSPS) is 19.7. The first-order valence-electron chi connectivity index (χ1n) is 7.87. The summed E-state index contributed by atoms with van der Waals surface area (Å²) in [6.07, 6.45) is 2.10. The molecule has 1 aromatic carbocycles. The fourth-order valence-electron chi connectivity index (χ4n) is 3.26. The van der Waals surface area contributed by atoms with Crippen LogP contribution in [0, 0.1) is 11.7 Å². The number of halogens is 2. The summed E-state index contributed by atoms with van der Waals surface area (Å²) < 4.78 is 14.2. The summed E-state index contributed by atoms with van der Waals surface area (Å²) in [7, 11) is 0. The van der Waals surface area contributed by atoms with Crippen molar-refractivity contribution in [3.05, 3.63) is 52.4 Å². The van der Waals surface area contributed by atoms with Crippen LogP contribution in [0.1, 0.15) is 38.4 Å². The fraction of sp³-hybridized carbons (Fsp3) is 0.316. The molecule has 1 unspecified atom stereocenters. The molecule has 0 aliphatic carbocycles. The molecule has 5 heteroatoms. The third-order valence-electron chi connectivity index (χ3n) is 4.27. The van der Waals surface area contributed by atoms with Crippen molar-refractivity contribution in [2.75, 3.05) is 0 Å². The van der Waals surface area contributed by atoms with Crippen LogP contribution in [0.5, 0.6) is 0 Å². The van der Waals surface area contributed by atoms with Crippen molar-refractivity contribution < 1.29 is 9.18 Å². The number of carbonyl (C=O) groups excluding carboxylic acids is 1. The summed E-state index contributed by atoms with van der Waals surface area (Å²) in [5.74, 6) is -0.333. The minimum Gasteiger partial charge on any atom is -0.272 e. The Morgan fingerprint density at radius 3 is 2.67 bits per heavy atom. The highest BCUT2D eigenvalue weighted by Crippen LogP contribution is 2.39. The molecular weight excluding hydrogens is 327 g/mol. The Balaban J connectivity index is 2.23. The van der Waals surface area contributed by atoms with Gasteiger partial charge in [-0.25, -0.2) is 14.4 Å². The highest BCUT2D eigenvalue weighted by atomic mass is 35.5. The number of nitrogens with zero attached hydrogens (tertiary/aromatic N) is 2. The first-order valence-corrected chi connectivity index (χ1v) is 8.25. The number of hydrogen-bond donors (Lipinski definition) is 0. The molecule has 0 N–H and O–H groups in total. The maximum Gasteiger partial charge on any atom is 0.257 e. The quantitative estimate of drug-likeness (QED) is 0.802. The maximum absolute atomic E-state index is 14.2. The van der Waals surface area contributed by atoms with Crippen LogP contribution in [0.2, 0.25) is 5.02 Å². The molecule has 3 nitrogen and oxygen atoms in total. The summed E-state index contributed by atoms with van der Waals surface area (Å²) >= 11 is 6.33. The molecule has 0 bridgehead atoms. The van der Waals surface area contributed by atoms with Crippen molar-refractivity contribution in [2.45, 2.75) is 32.6 Å². The van der Waals surface area contributed by atoms with E-state index in [0.29, 0.717) is 34.0 Å². The van der Waals surface area contributed by atoms with E-state index in [2.05, 4.69) is 9.98 Å². The standard InChI is InChI=1S/C19H18ClFN2O/c1-11(2)9-19(3)17-12(10-22-18(19)24)8-14(20)16(23-17)13-6-4-5-7-15(13)21/h4-8,10-11H,9H2,1-3H3. The minimum absolute atomic E-state index is 0.224. The number of aromatic nitrogens is 1. The number of pyridine rings is 1. The van der Waals surface area contributed by atoms with Crippen LogP contribution in [0.25, 0.3) is 11.3 Å². The molecule has 1 amide bonds. The van der Waals surface area contributed by atoms with E-state index in [0.717, 1.165) is 0 Å². The Morgan fingerprint density at radius 2 is 2.00 bits per heavy atom. The SMILES string of the molecule is CC(C)CC1(C)C(=O)N=Cc2cc(Cl)c(-c3ccccc3F)nc21. The van der Waals surface area contributed by atoms with E-state index in [1.54, 1.807) is 24.3 Å². The molecule has 2 heterocycles. The lowest BCUT2D eigenvalue weighted by molar-refractivity contribution is -0.123. The Morgan fingerprint density at radius 1 is 1.29 bits per heavy atom. The van der Waals surface area contributed by atoms with Gasteiger partial charge in [-0.3, -0.25) is 4.79 Å². The molecule has 0 saturated heterocycles. The van der Waals surface area contributed by atoms with Crippen molar-refractivity contribution in [1.82, 2.24) is 4.98 Å². The van der Waals surface area contributed by atoms with Gasteiger partial charge in [0.1, 0.15) is 5.82 Å². The lowest BCUT2D eigenvalue weighted by Gasteiger charge is -2.31. The molecule has 124 valence electrons. The van der Waals surface area contributed by atoms with Crippen LogP contribution < -0.4 is 0 Å². The van der Waals surface area contributed by atoms with Gasteiger partial charge < -0.3 is 0 Å². The first kappa shape index (κ1) is 16.8. The highest BCUT2D eigenvalue weighted by Gasteiger charge is 2.41. The summed E-state index contributed by atoms with van der Waals surface area (Å²) in [4.78, 5) is 21.1. The lowest BCUT2D eigenvalue weighted by atomic mass is 9.75. The second kappa shape index (κ2) is 6.10. The number of aliphatic imine (C=N–C) groups is 1. The van der Waals surface area contributed by atoms with E-state index in [-0.39, 0.29) is 11.8 Å². The Hall–Kier alpha value is -2.07. The second-order valence-corrected chi connectivity index (χ2v) is 7.14. The third kappa shape index (κ3) is 2.75. The van der Waals surface area contributed by atoms with Crippen LogP contribution in [-0.2, 0) is 10.2 Å². The number of amides is 1. The zero-order valence-electron chi connectivity index (χ0n) is 13.8. The average molecular weight is 345 g/mol. The molecule has 1 aliphatic heterocycles. The average Bonchev–Trinajstić information content (AvgIpc) is 2.51. The number of benzene rings is 1. The van der Waals surface area contributed by atoms with Gasteiger partial charge in [0.2, 0.25) is 0 Å². The zero-order chi connectivity index (χ0) is 17.5. The van der Waals surface area contributed by atoms with Crippen LogP contribution in [-0.4, -0.2) is 17.1 Å². The van der Waals surface area contributed by atoms with E-state index < -0.39 is 11.2 Å². The van der Waals surface area contributed by atoms with Gasteiger partial charge in [-0.2, -0.15) is 0 Å². The number of fused-ring (bicyclic) bond motifs is 1. The molecule has 1 aliphatic rings. The number of carbonyl (C=O) groups is 1. The van der Waals surface area contributed by atoms with Gasteiger partial charge >= 0.3 is 0 Å². The second-order valence-electron chi connectivity index (χ2n) is 6.73. The van der Waals surface area contributed by atoms with Gasteiger partial charge in [-0.1, -0.05) is 37.6 Å². The predicted octanol–water partition coefficient (Wildman–Crippen LogP) is 4.80. The molecule has 3 rings (SSSR count). The van der Waals surface area contributed by atoms with Crippen LogP contribution in [0.3, 0.4) is 0 Å². The Labute approximate surface area is 145 Å². The van der Waals surface area contributed by atoms with E-state index in [1.165, 1.54) is 12.3 Å². The smallest absolute Gasteiger partial charge is 0.257 e.